The second-order valence-corrected chi connectivity index (χ2v) is 5.48. The Balaban J connectivity index is 2.59. The molecule has 1 rings (SSSR count). The molecule has 14 heavy (non-hydrogen) atoms. The van der Waals surface area contributed by atoms with Crippen LogP contribution in [0.2, 0.25) is 0 Å². The van der Waals surface area contributed by atoms with Crippen molar-refractivity contribution < 1.29 is 13.2 Å². The Morgan fingerprint density at radius 1 is 1.43 bits per heavy atom. The van der Waals surface area contributed by atoms with Gasteiger partial charge in [0.25, 0.3) is 5.91 Å². The number of hydrogen-bond acceptors (Lipinski definition) is 4. The van der Waals surface area contributed by atoms with Crippen molar-refractivity contribution in [3.63, 3.8) is 0 Å². The van der Waals surface area contributed by atoms with E-state index in [1.54, 1.807) is 0 Å². The predicted molar refractivity (Wildman–Crippen MR) is 53.3 cm³/mol. The highest BCUT2D eigenvalue weighted by atomic mass is 32.2. The third-order valence-electron chi connectivity index (χ3n) is 2.36. The number of likely N-dealkylation sites (tertiary alicyclic amines) is 1. The first-order valence-corrected chi connectivity index (χ1v) is 6.51. The molecule has 0 spiro atoms. The minimum Gasteiger partial charge on any atom is -0.295 e. The van der Waals surface area contributed by atoms with Crippen LogP contribution < -0.4 is 4.72 Å². The largest absolute Gasteiger partial charge is 0.295 e. The highest BCUT2D eigenvalue weighted by Crippen LogP contribution is 2.14. The lowest BCUT2D eigenvalue weighted by atomic mass is 10.0. The van der Waals surface area contributed by atoms with Crippen LogP contribution in [-0.4, -0.2) is 45.1 Å². The normalized spacial score (nSPS) is 24.6. The van der Waals surface area contributed by atoms with Crippen LogP contribution in [0.5, 0.6) is 0 Å². The molecule has 6 heteroatoms. The molecule has 5 nitrogen and oxygen atoms in total. The number of carbonyl (C=O) groups is 1. The lowest BCUT2D eigenvalue weighted by Crippen LogP contribution is -2.48. The van der Waals surface area contributed by atoms with Crippen LogP contribution in [0, 0.1) is 0 Å². The first-order chi connectivity index (χ1) is 6.40. The number of carbonyl (C=O) groups excluding carboxylic acids is 1. The topological polar surface area (TPSA) is 66.5 Å². The molecule has 1 saturated heterocycles. The van der Waals surface area contributed by atoms with E-state index in [0.717, 1.165) is 32.1 Å². The maximum atomic E-state index is 11.5. The van der Waals surface area contributed by atoms with Gasteiger partial charge in [0.15, 0.2) is 0 Å². The standard InChI is InChI=1S/C8H16N2O3S/c1-10-6-4-3-5-7(10)8(11)9-14(2,12)13/h7H,3-6H2,1-2H3,(H,9,11)/t7-/m0/s1. The third-order valence-corrected chi connectivity index (χ3v) is 2.93. The first kappa shape index (κ1) is 11.5. The van der Waals surface area contributed by atoms with E-state index in [1.165, 1.54) is 0 Å². The van der Waals surface area contributed by atoms with E-state index in [9.17, 15) is 13.2 Å². The second-order valence-electron chi connectivity index (χ2n) is 3.73. The van der Waals surface area contributed by atoms with Gasteiger partial charge in [-0.25, -0.2) is 8.42 Å². The van der Waals surface area contributed by atoms with Crippen molar-refractivity contribution in [3.8, 4) is 0 Å². The Bertz CT molecular complexity index is 313. The maximum Gasteiger partial charge on any atom is 0.250 e. The smallest absolute Gasteiger partial charge is 0.250 e. The highest BCUT2D eigenvalue weighted by molar-refractivity contribution is 7.89. The molecule has 0 saturated carbocycles. The average Bonchev–Trinajstić information content (AvgIpc) is 2.01. The predicted octanol–water partition coefficient (Wildman–Crippen LogP) is -0.453. The first-order valence-electron chi connectivity index (χ1n) is 4.62. The van der Waals surface area contributed by atoms with Crippen molar-refractivity contribution in [2.75, 3.05) is 19.8 Å². The van der Waals surface area contributed by atoms with E-state index in [0.29, 0.717) is 0 Å². The Hall–Kier alpha value is -0.620. The van der Waals surface area contributed by atoms with E-state index in [2.05, 4.69) is 0 Å². The number of sulfonamides is 1. The van der Waals surface area contributed by atoms with Crippen LogP contribution in [0.25, 0.3) is 0 Å². The van der Waals surface area contributed by atoms with Crippen LogP contribution in [0.1, 0.15) is 19.3 Å². The molecule has 0 aromatic carbocycles. The Morgan fingerprint density at radius 2 is 2.07 bits per heavy atom. The van der Waals surface area contributed by atoms with Crippen molar-refractivity contribution in [2.45, 2.75) is 25.3 Å². The summed E-state index contributed by atoms with van der Waals surface area (Å²) in [7, 11) is -1.58. The zero-order valence-corrected chi connectivity index (χ0v) is 9.30. The minimum atomic E-state index is -3.42. The summed E-state index contributed by atoms with van der Waals surface area (Å²) in [6.45, 7) is 0.849. The van der Waals surface area contributed by atoms with E-state index < -0.39 is 15.9 Å². The Kier molecular flexibility index (Phi) is 3.49. The molecule has 1 fully saturated rings. The van der Waals surface area contributed by atoms with Crippen molar-refractivity contribution in [1.29, 1.82) is 0 Å². The van der Waals surface area contributed by atoms with Crippen molar-refractivity contribution >= 4 is 15.9 Å². The molecule has 0 aromatic heterocycles. The van der Waals surface area contributed by atoms with Crippen molar-refractivity contribution in [2.24, 2.45) is 0 Å². The van der Waals surface area contributed by atoms with Gasteiger partial charge in [-0.15, -0.1) is 0 Å². The number of likely N-dealkylation sites (N-methyl/N-ethyl adjacent to an activating group) is 1. The summed E-state index contributed by atoms with van der Waals surface area (Å²) in [4.78, 5) is 13.4. The minimum absolute atomic E-state index is 0.293. The molecular weight excluding hydrogens is 204 g/mol. The summed E-state index contributed by atoms with van der Waals surface area (Å²) < 4.78 is 23.7. The third kappa shape index (κ3) is 3.26. The quantitative estimate of drug-likeness (QED) is 0.684. The summed E-state index contributed by atoms with van der Waals surface area (Å²) >= 11 is 0. The lowest BCUT2D eigenvalue weighted by molar-refractivity contribution is -0.125. The maximum absolute atomic E-state index is 11.5. The molecule has 1 amide bonds. The van der Waals surface area contributed by atoms with Crippen LogP contribution in [-0.2, 0) is 14.8 Å². The number of nitrogens with zero attached hydrogens (tertiary/aromatic N) is 1. The molecular formula is C8H16N2O3S. The molecule has 1 N–H and O–H groups in total. The molecule has 1 aliphatic rings. The van der Waals surface area contributed by atoms with Gasteiger partial charge in [-0.2, -0.15) is 0 Å². The zero-order chi connectivity index (χ0) is 10.8. The van der Waals surface area contributed by atoms with Gasteiger partial charge in [0.05, 0.1) is 12.3 Å². The average molecular weight is 220 g/mol. The van der Waals surface area contributed by atoms with Gasteiger partial charge in [-0.3, -0.25) is 14.4 Å². The summed E-state index contributed by atoms with van der Waals surface area (Å²) in [6.07, 6.45) is 3.77. The zero-order valence-electron chi connectivity index (χ0n) is 8.49. The van der Waals surface area contributed by atoms with Crippen LogP contribution in [0.4, 0.5) is 0 Å². The molecule has 1 heterocycles. The molecule has 82 valence electrons. The molecule has 1 atom stereocenters. The lowest BCUT2D eigenvalue weighted by Gasteiger charge is -2.30. The summed E-state index contributed by atoms with van der Waals surface area (Å²) in [5.41, 5.74) is 0. The van der Waals surface area contributed by atoms with Crippen molar-refractivity contribution in [1.82, 2.24) is 9.62 Å². The molecule has 0 bridgehead atoms. The number of rotatable bonds is 2. The number of nitrogens with one attached hydrogen (secondary N) is 1. The highest BCUT2D eigenvalue weighted by Gasteiger charge is 2.27. The molecule has 1 aliphatic heterocycles. The van der Waals surface area contributed by atoms with E-state index in [1.807, 2.05) is 16.7 Å². The molecule has 0 aromatic rings. The van der Waals surface area contributed by atoms with Gasteiger partial charge < -0.3 is 0 Å². The Labute approximate surface area is 84.5 Å². The fraction of sp³-hybridized carbons (Fsp3) is 0.875. The van der Waals surface area contributed by atoms with Crippen molar-refractivity contribution in [3.05, 3.63) is 0 Å². The second kappa shape index (κ2) is 4.27. The van der Waals surface area contributed by atoms with Gasteiger partial charge in [0.2, 0.25) is 10.0 Å². The SMILES string of the molecule is CN1CCCC[C@H]1C(=O)NS(C)(=O)=O. The van der Waals surface area contributed by atoms with Gasteiger partial charge in [0.1, 0.15) is 0 Å². The monoisotopic (exact) mass is 220 g/mol. The van der Waals surface area contributed by atoms with Crippen LogP contribution >= 0.6 is 0 Å². The molecule has 0 radical (unpaired) electrons. The Morgan fingerprint density at radius 3 is 2.57 bits per heavy atom. The number of amides is 1. The summed E-state index contributed by atoms with van der Waals surface area (Å²) in [5, 5.41) is 0. The summed E-state index contributed by atoms with van der Waals surface area (Å²) in [5.74, 6) is -0.408. The number of hydrogen-bond donors (Lipinski definition) is 1. The summed E-state index contributed by atoms with van der Waals surface area (Å²) in [6, 6.07) is -0.293. The van der Waals surface area contributed by atoms with Gasteiger partial charge >= 0.3 is 0 Å². The number of piperidine rings is 1. The van der Waals surface area contributed by atoms with E-state index >= 15 is 0 Å². The fourth-order valence-electron chi connectivity index (χ4n) is 1.66. The van der Waals surface area contributed by atoms with E-state index in [-0.39, 0.29) is 6.04 Å². The van der Waals surface area contributed by atoms with Crippen LogP contribution in [0.3, 0.4) is 0 Å². The fourth-order valence-corrected chi connectivity index (χ4v) is 2.16. The van der Waals surface area contributed by atoms with E-state index in [4.69, 9.17) is 0 Å². The van der Waals surface area contributed by atoms with Gasteiger partial charge in [-0.05, 0) is 26.4 Å². The van der Waals surface area contributed by atoms with Crippen LogP contribution in [0.15, 0.2) is 0 Å². The van der Waals surface area contributed by atoms with Gasteiger partial charge in [-0.1, -0.05) is 6.42 Å². The molecule has 0 aliphatic carbocycles. The molecule has 0 unspecified atom stereocenters. The van der Waals surface area contributed by atoms with Gasteiger partial charge in [0, 0.05) is 0 Å².